The van der Waals surface area contributed by atoms with Gasteiger partial charge in [-0.05, 0) is 43.5 Å². The van der Waals surface area contributed by atoms with Gasteiger partial charge >= 0.3 is 11.8 Å². The molecule has 3 N–H and O–H groups in total. The molecular formula is C24H29N3O5. The lowest BCUT2D eigenvalue weighted by atomic mass is 10.1. The Morgan fingerprint density at radius 3 is 2.62 bits per heavy atom. The average Bonchev–Trinajstić information content (AvgIpc) is 2.80. The van der Waals surface area contributed by atoms with Crippen LogP contribution in [0.4, 0.5) is 11.4 Å². The molecule has 1 saturated heterocycles. The molecule has 8 nitrogen and oxygen atoms in total. The molecule has 0 bridgehead atoms. The molecule has 1 heterocycles. The fraction of sp³-hybridized carbons (Fsp3) is 0.375. The third-order valence-electron chi connectivity index (χ3n) is 5.25. The van der Waals surface area contributed by atoms with Crippen LogP contribution in [0, 0.1) is 6.92 Å². The zero-order valence-electron chi connectivity index (χ0n) is 18.2. The summed E-state index contributed by atoms with van der Waals surface area (Å²) in [7, 11) is 0. The summed E-state index contributed by atoms with van der Waals surface area (Å²) < 4.78 is 5.62. The Balaban J connectivity index is 1.59. The first-order valence-electron chi connectivity index (χ1n) is 10.8. The highest BCUT2D eigenvalue weighted by Crippen LogP contribution is 2.24. The van der Waals surface area contributed by atoms with Crippen molar-refractivity contribution in [1.82, 2.24) is 5.32 Å². The number of aliphatic hydroxyl groups is 1. The van der Waals surface area contributed by atoms with Crippen LogP contribution in [0.25, 0.3) is 0 Å². The van der Waals surface area contributed by atoms with Crippen LogP contribution in [0.15, 0.2) is 48.5 Å². The largest absolute Gasteiger partial charge is 0.394 e. The van der Waals surface area contributed by atoms with Crippen molar-refractivity contribution in [2.24, 2.45) is 0 Å². The molecule has 170 valence electrons. The predicted molar refractivity (Wildman–Crippen MR) is 121 cm³/mol. The summed E-state index contributed by atoms with van der Waals surface area (Å²) in [6, 6.07) is 14.5. The normalized spacial score (nSPS) is 14.7. The van der Waals surface area contributed by atoms with Gasteiger partial charge in [0.25, 0.3) is 0 Å². The Morgan fingerprint density at radius 1 is 1.12 bits per heavy atom. The molecule has 8 heteroatoms. The molecule has 0 radical (unpaired) electrons. The highest BCUT2D eigenvalue weighted by Gasteiger charge is 2.21. The number of piperidine rings is 1. The van der Waals surface area contributed by atoms with Crippen molar-refractivity contribution in [2.75, 3.05) is 36.5 Å². The highest BCUT2D eigenvalue weighted by molar-refractivity contribution is 6.39. The molecule has 1 aliphatic heterocycles. The molecule has 2 aromatic carbocycles. The zero-order valence-corrected chi connectivity index (χ0v) is 18.2. The number of carbonyl (C=O) groups is 3. The fourth-order valence-corrected chi connectivity index (χ4v) is 3.53. The van der Waals surface area contributed by atoms with E-state index in [1.54, 1.807) is 23.1 Å². The summed E-state index contributed by atoms with van der Waals surface area (Å²) in [6.45, 7) is 2.66. The molecule has 1 fully saturated rings. The van der Waals surface area contributed by atoms with Gasteiger partial charge in [0, 0.05) is 30.9 Å². The topological polar surface area (TPSA) is 108 Å². The summed E-state index contributed by atoms with van der Waals surface area (Å²) in [6.07, 6.45) is 1.84. The number of aliphatic hydroxyl groups excluding tert-OH is 1. The van der Waals surface area contributed by atoms with Crippen molar-refractivity contribution in [3.05, 3.63) is 59.7 Å². The smallest absolute Gasteiger partial charge is 0.313 e. The van der Waals surface area contributed by atoms with Crippen LogP contribution in [0.2, 0.25) is 0 Å². The molecular weight excluding hydrogens is 410 g/mol. The van der Waals surface area contributed by atoms with Gasteiger partial charge < -0.3 is 25.4 Å². The second kappa shape index (κ2) is 11.4. The third-order valence-corrected chi connectivity index (χ3v) is 5.25. The minimum Gasteiger partial charge on any atom is -0.394 e. The van der Waals surface area contributed by atoms with E-state index >= 15 is 0 Å². The number of aryl methyl sites for hydroxylation is 1. The zero-order chi connectivity index (χ0) is 22.9. The molecule has 0 spiro atoms. The van der Waals surface area contributed by atoms with E-state index in [-0.39, 0.29) is 25.7 Å². The summed E-state index contributed by atoms with van der Waals surface area (Å²) >= 11 is 0. The highest BCUT2D eigenvalue weighted by atomic mass is 16.5. The second-order valence-electron chi connectivity index (χ2n) is 7.71. The van der Waals surface area contributed by atoms with E-state index in [1.165, 1.54) is 0 Å². The molecule has 32 heavy (non-hydrogen) atoms. The van der Waals surface area contributed by atoms with E-state index in [9.17, 15) is 14.4 Å². The first-order chi connectivity index (χ1) is 15.5. The molecule has 0 saturated carbocycles. The van der Waals surface area contributed by atoms with Gasteiger partial charge in [0.1, 0.15) is 0 Å². The van der Waals surface area contributed by atoms with Crippen LogP contribution in [0.3, 0.4) is 0 Å². The Kier molecular flexibility index (Phi) is 8.35. The number of benzene rings is 2. The fourth-order valence-electron chi connectivity index (χ4n) is 3.53. The lowest BCUT2D eigenvalue weighted by Gasteiger charge is -2.27. The van der Waals surface area contributed by atoms with Gasteiger partial charge in [-0.3, -0.25) is 14.4 Å². The minimum atomic E-state index is -0.808. The quantitative estimate of drug-likeness (QED) is 0.547. The number of carbonyl (C=O) groups excluding carboxylic acids is 3. The lowest BCUT2D eigenvalue weighted by Crippen LogP contribution is -2.38. The Labute approximate surface area is 187 Å². The predicted octanol–water partition coefficient (Wildman–Crippen LogP) is 2.32. The van der Waals surface area contributed by atoms with Crippen LogP contribution in [-0.4, -0.2) is 49.1 Å². The van der Waals surface area contributed by atoms with Gasteiger partial charge in [0.15, 0.2) is 0 Å². The van der Waals surface area contributed by atoms with E-state index in [0.29, 0.717) is 24.3 Å². The van der Waals surface area contributed by atoms with Gasteiger partial charge in [0.05, 0.1) is 19.3 Å². The summed E-state index contributed by atoms with van der Waals surface area (Å²) in [5, 5.41) is 14.2. The molecule has 1 unspecified atom stereocenters. The van der Waals surface area contributed by atoms with E-state index in [4.69, 9.17) is 9.84 Å². The maximum atomic E-state index is 12.4. The monoisotopic (exact) mass is 439 g/mol. The molecule has 3 amide bonds. The number of rotatable bonds is 8. The van der Waals surface area contributed by atoms with Gasteiger partial charge in [-0.2, -0.15) is 0 Å². The maximum absolute atomic E-state index is 12.4. The number of nitrogens with one attached hydrogen (secondary N) is 2. The van der Waals surface area contributed by atoms with Gasteiger partial charge in [-0.1, -0.05) is 35.9 Å². The van der Waals surface area contributed by atoms with Crippen molar-refractivity contribution >= 4 is 29.1 Å². The van der Waals surface area contributed by atoms with Gasteiger partial charge in [-0.15, -0.1) is 0 Å². The molecule has 1 aliphatic rings. The maximum Gasteiger partial charge on any atom is 0.313 e. The number of hydrogen-bond donors (Lipinski definition) is 3. The van der Waals surface area contributed by atoms with Crippen molar-refractivity contribution < 1.29 is 24.2 Å². The first-order valence-corrected chi connectivity index (χ1v) is 10.8. The Hall–Kier alpha value is -3.23. The average molecular weight is 440 g/mol. The van der Waals surface area contributed by atoms with Gasteiger partial charge in [0.2, 0.25) is 5.91 Å². The lowest BCUT2D eigenvalue weighted by molar-refractivity contribution is -0.136. The van der Waals surface area contributed by atoms with E-state index in [1.807, 2.05) is 37.3 Å². The molecule has 3 rings (SSSR count). The van der Waals surface area contributed by atoms with E-state index < -0.39 is 17.9 Å². The number of amides is 3. The Bertz CT molecular complexity index is 945. The summed E-state index contributed by atoms with van der Waals surface area (Å²) in [5.74, 6) is -1.55. The minimum absolute atomic E-state index is 0.0579. The van der Waals surface area contributed by atoms with Crippen LogP contribution >= 0.6 is 0 Å². The van der Waals surface area contributed by atoms with E-state index in [0.717, 1.165) is 24.0 Å². The van der Waals surface area contributed by atoms with Crippen LogP contribution in [0.1, 0.15) is 36.5 Å². The second-order valence-corrected chi connectivity index (χ2v) is 7.71. The van der Waals surface area contributed by atoms with Crippen molar-refractivity contribution in [3.8, 4) is 0 Å². The first kappa shape index (κ1) is 23.4. The number of nitrogens with zero attached hydrogens (tertiary/aromatic N) is 1. The third kappa shape index (κ3) is 6.38. The SMILES string of the molecule is Cc1ccc(C(CNC(=O)C(=O)Nc2cccc(N3CCCCC3=O)c2)OCCO)cc1. The molecule has 0 aliphatic carbocycles. The van der Waals surface area contributed by atoms with Crippen LogP contribution in [-0.2, 0) is 19.1 Å². The van der Waals surface area contributed by atoms with Crippen LogP contribution < -0.4 is 15.5 Å². The summed E-state index contributed by atoms with van der Waals surface area (Å²) in [5.41, 5.74) is 3.06. The van der Waals surface area contributed by atoms with Gasteiger partial charge in [-0.25, -0.2) is 0 Å². The molecule has 1 atom stereocenters. The Morgan fingerprint density at radius 2 is 1.91 bits per heavy atom. The van der Waals surface area contributed by atoms with Crippen molar-refractivity contribution in [3.63, 3.8) is 0 Å². The standard InChI is InChI=1S/C24H29N3O5/c1-17-8-10-18(11-9-17)21(32-14-13-28)16-25-23(30)24(31)26-19-5-4-6-20(15-19)27-12-3-2-7-22(27)29/h4-6,8-11,15,21,28H,2-3,7,12-14,16H2,1H3,(H,25,30)(H,26,31). The van der Waals surface area contributed by atoms with Crippen molar-refractivity contribution in [2.45, 2.75) is 32.3 Å². The number of ether oxygens (including phenoxy) is 1. The summed E-state index contributed by atoms with van der Waals surface area (Å²) in [4.78, 5) is 38.6. The van der Waals surface area contributed by atoms with Crippen LogP contribution in [0.5, 0.6) is 0 Å². The number of hydrogen-bond acceptors (Lipinski definition) is 5. The molecule has 0 aromatic heterocycles. The van der Waals surface area contributed by atoms with E-state index in [2.05, 4.69) is 10.6 Å². The number of anilines is 2. The molecule has 2 aromatic rings. The van der Waals surface area contributed by atoms with Crippen molar-refractivity contribution in [1.29, 1.82) is 0 Å².